The number of halogens is 1. The second-order valence-electron chi connectivity index (χ2n) is 10.3. The number of hydrogen-bond acceptors (Lipinski definition) is 4. The minimum absolute atomic E-state index is 0.00689. The van der Waals surface area contributed by atoms with Crippen LogP contribution >= 0.6 is 0 Å². The SMILES string of the molecule is CCS(=O)(=O)c1ccc(CNC(=O)c2ccc(N3C(=O)[C@H](C(C)(C)C)[C@H]3c3ccc(F)cc3)cc2)cc1. The normalized spacial score (nSPS) is 17.9. The van der Waals surface area contributed by atoms with Gasteiger partial charge in [0, 0.05) is 17.8 Å². The lowest BCUT2D eigenvalue weighted by atomic mass is 9.67. The summed E-state index contributed by atoms with van der Waals surface area (Å²) in [5.74, 6) is -0.837. The molecule has 8 heteroatoms. The molecule has 0 radical (unpaired) electrons. The summed E-state index contributed by atoms with van der Waals surface area (Å²) in [6.07, 6.45) is 0. The molecule has 1 aliphatic rings. The maximum atomic E-state index is 13.5. The van der Waals surface area contributed by atoms with Crippen LogP contribution in [-0.4, -0.2) is 26.0 Å². The molecule has 0 unspecified atom stereocenters. The molecule has 1 heterocycles. The van der Waals surface area contributed by atoms with E-state index >= 15 is 0 Å². The predicted molar refractivity (Wildman–Crippen MR) is 141 cm³/mol. The van der Waals surface area contributed by atoms with Crippen molar-refractivity contribution in [1.29, 1.82) is 0 Å². The number of nitrogens with one attached hydrogen (secondary N) is 1. The molecule has 0 bridgehead atoms. The summed E-state index contributed by atoms with van der Waals surface area (Å²) in [7, 11) is -3.27. The van der Waals surface area contributed by atoms with Crippen LogP contribution in [0.3, 0.4) is 0 Å². The third-order valence-electron chi connectivity index (χ3n) is 6.77. The van der Waals surface area contributed by atoms with Gasteiger partial charge in [0.1, 0.15) is 5.82 Å². The van der Waals surface area contributed by atoms with Crippen molar-refractivity contribution in [3.63, 3.8) is 0 Å². The Morgan fingerprint density at radius 2 is 1.54 bits per heavy atom. The molecule has 4 rings (SSSR count). The molecule has 1 aliphatic heterocycles. The molecule has 37 heavy (non-hydrogen) atoms. The van der Waals surface area contributed by atoms with Gasteiger partial charge in [-0.05, 0) is 65.1 Å². The zero-order valence-electron chi connectivity index (χ0n) is 21.4. The molecule has 2 atom stereocenters. The molecular weight excluding hydrogens is 491 g/mol. The number of anilines is 1. The van der Waals surface area contributed by atoms with Crippen molar-refractivity contribution >= 4 is 27.3 Å². The summed E-state index contributed by atoms with van der Waals surface area (Å²) in [5.41, 5.74) is 2.48. The van der Waals surface area contributed by atoms with Crippen molar-refractivity contribution < 1.29 is 22.4 Å². The molecule has 1 N–H and O–H groups in total. The average Bonchev–Trinajstić information content (AvgIpc) is 2.86. The van der Waals surface area contributed by atoms with Crippen molar-refractivity contribution in [1.82, 2.24) is 5.32 Å². The topological polar surface area (TPSA) is 83.6 Å². The number of rotatable bonds is 7. The van der Waals surface area contributed by atoms with E-state index in [9.17, 15) is 22.4 Å². The van der Waals surface area contributed by atoms with Crippen molar-refractivity contribution in [3.8, 4) is 0 Å². The maximum absolute atomic E-state index is 13.5. The number of β-lactam (4-membered cyclic amide) rings is 1. The Bertz CT molecular complexity index is 1390. The molecule has 0 spiro atoms. The Labute approximate surface area is 217 Å². The van der Waals surface area contributed by atoms with E-state index in [4.69, 9.17) is 0 Å². The number of carbonyl (C=O) groups excluding carboxylic acids is 2. The molecule has 6 nitrogen and oxygen atoms in total. The number of amides is 2. The number of sulfone groups is 1. The lowest BCUT2D eigenvalue weighted by molar-refractivity contribution is -0.135. The predicted octanol–water partition coefficient (Wildman–Crippen LogP) is 5.30. The smallest absolute Gasteiger partial charge is 0.251 e. The van der Waals surface area contributed by atoms with Gasteiger partial charge in [-0.2, -0.15) is 0 Å². The lowest BCUT2D eigenvalue weighted by Gasteiger charge is -2.52. The Morgan fingerprint density at radius 1 is 0.946 bits per heavy atom. The van der Waals surface area contributed by atoms with Crippen molar-refractivity contribution in [2.24, 2.45) is 11.3 Å². The number of benzene rings is 3. The Hall–Kier alpha value is -3.52. The van der Waals surface area contributed by atoms with E-state index in [2.05, 4.69) is 5.32 Å². The van der Waals surface area contributed by atoms with Crippen LogP contribution in [-0.2, 0) is 21.2 Å². The highest BCUT2D eigenvalue weighted by Crippen LogP contribution is 2.51. The molecule has 3 aromatic carbocycles. The van der Waals surface area contributed by atoms with Gasteiger partial charge in [-0.3, -0.25) is 9.59 Å². The number of nitrogens with zero attached hydrogens (tertiary/aromatic N) is 1. The van der Waals surface area contributed by atoms with Crippen LogP contribution in [0.1, 0.15) is 55.2 Å². The highest BCUT2D eigenvalue weighted by molar-refractivity contribution is 7.91. The largest absolute Gasteiger partial charge is 0.348 e. The fourth-order valence-electron chi connectivity index (χ4n) is 4.66. The van der Waals surface area contributed by atoms with E-state index in [1.165, 1.54) is 12.1 Å². The molecule has 2 amide bonds. The molecule has 0 saturated carbocycles. The van der Waals surface area contributed by atoms with Crippen LogP contribution in [0.4, 0.5) is 10.1 Å². The van der Waals surface area contributed by atoms with Crippen molar-refractivity contribution in [3.05, 3.63) is 95.3 Å². The van der Waals surface area contributed by atoms with Crippen molar-refractivity contribution in [2.45, 2.75) is 45.2 Å². The van der Waals surface area contributed by atoms with Crippen LogP contribution in [0.15, 0.2) is 77.7 Å². The van der Waals surface area contributed by atoms with Gasteiger partial charge in [-0.25, -0.2) is 12.8 Å². The van der Waals surface area contributed by atoms with Gasteiger partial charge in [0.15, 0.2) is 9.84 Å². The molecule has 0 aliphatic carbocycles. The van der Waals surface area contributed by atoms with Gasteiger partial charge < -0.3 is 10.2 Å². The minimum atomic E-state index is -3.27. The van der Waals surface area contributed by atoms with Crippen LogP contribution in [0.5, 0.6) is 0 Å². The van der Waals surface area contributed by atoms with E-state index in [0.29, 0.717) is 11.3 Å². The Morgan fingerprint density at radius 3 is 2.08 bits per heavy atom. The van der Waals surface area contributed by atoms with Crippen molar-refractivity contribution in [2.75, 3.05) is 10.7 Å². The molecule has 1 fully saturated rings. The van der Waals surface area contributed by atoms with Crippen LogP contribution in [0, 0.1) is 17.2 Å². The van der Waals surface area contributed by atoms with E-state index in [1.54, 1.807) is 72.5 Å². The zero-order valence-corrected chi connectivity index (χ0v) is 22.2. The molecule has 0 aromatic heterocycles. The summed E-state index contributed by atoms with van der Waals surface area (Å²) >= 11 is 0. The highest BCUT2D eigenvalue weighted by atomic mass is 32.2. The van der Waals surface area contributed by atoms with Gasteiger partial charge in [0.2, 0.25) is 5.91 Å². The summed E-state index contributed by atoms with van der Waals surface area (Å²) in [5, 5.41) is 2.84. The first-order valence-electron chi connectivity index (χ1n) is 12.2. The fraction of sp³-hybridized carbons (Fsp3) is 0.310. The fourth-order valence-corrected chi connectivity index (χ4v) is 5.55. The number of carbonyl (C=O) groups is 2. The quantitative estimate of drug-likeness (QED) is 0.427. The maximum Gasteiger partial charge on any atom is 0.251 e. The monoisotopic (exact) mass is 522 g/mol. The van der Waals surface area contributed by atoms with E-state index in [0.717, 1.165) is 11.1 Å². The first-order chi connectivity index (χ1) is 17.4. The number of hydrogen-bond donors (Lipinski definition) is 1. The molecular formula is C29H31FN2O4S. The third kappa shape index (κ3) is 5.44. The Kier molecular flexibility index (Phi) is 7.24. The van der Waals surface area contributed by atoms with Crippen LogP contribution in [0.2, 0.25) is 0 Å². The summed E-state index contributed by atoms with van der Waals surface area (Å²) in [4.78, 5) is 27.8. The average molecular weight is 523 g/mol. The van der Waals surface area contributed by atoms with Gasteiger partial charge in [0.25, 0.3) is 5.91 Å². The molecule has 3 aromatic rings. The van der Waals surface area contributed by atoms with E-state index in [-0.39, 0.29) is 52.2 Å². The third-order valence-corrected chi connectivity index (χ3v) is 8.52. The summed E-state index contributed by atoms with van der Waals surface area (Å²) in [6, 6.07) is 19.3. The standard InChI is InChI=1S/C29H31FN2O4S/c1-5-37(35,36)24-16-6-19(7-17-24)18-31-27(33)21-10-14-23(15-11-21)32-26(20-8-12-22(30)13-9-20)25(28(32)34)29(2,3)4/h6-17,25-26H,5,18H2,1-4H3,(H,31,33)/t25-,26-/m1/s1. The minimum Gasteiger partial charge on any atom is -0.348 e. The van der Waals surface area contributed by atoms with E-state index < -0.39 is 9.84 Å². The second kappa shape index (κ2) is 10.1. The lowest BCUT2D eigenvalue weighted by Crippen LogP contribution is -2.59. The summed E-state index contributed by atoms with van der Waals surface area (Å²) in [6.45, 7) is 7.91. The second-order valence-corrected chi connectivity index (χ2v) is 12.6. The molecule has 194 valence electrons. The van der Waals surface area contributed by atoms with Crippen LogP contribution in [0.25, 0.3) is 0 Å². The van der Waals surface area contributed by atoms with Gasteiger partial charge in [-0.15, -0.1) is 0 Å². The molecule has 1 saturated heterocycles. The van der Waals surface area contributed by atoms with E-state index in [1.807, 2.05) is 20.8 Å². The van der Waals surface area contributed by atoms with Gasteiger partial charge in [0.05, 0.1) is 22.6 Å². The first kappa shape index (κ1) is 26.5. The Balaban J connectivity index is 1.47. The van der Waals surface area contributed by atoms with Gasteiger partial charge >= 0.3 is 0 Å². The highest BCUT2D eigenvalue weighted by Gasteiger charge is 2.53. The summed E-state index contributed by atoms with van der Waals surface area (Å²) < 4.78 is 37.4. The first-order valence-corrected chi connectivity index (χ1v) is 13.9. The van der Waals surface area contributed by atoms with Crippen LogP contribution < -0.4 is 10.2 Å². The zero-order chi connectivity index (χ0) is 27.0. The van der Waals surface area contributed by atoms with Gasteiger partial charge in [-0.1, -0.05) is 52.0 Å².